The zero-order chi connectivity index (χ0) is 33.7. The van der Waals surface area contributed by atoms with Gasteiger partial charge in [0.15, 0.2) is 0 Å². The van der Waals surface area contributed by atoms with Crippen LogP contribution in [-0.4, -0.2) is 71.5 Å². The largest absolute Gasteiger partial charge is 0.462 e. The van der Waals surface area contributed by atoms with E-state index in [1.807, 2.05) is 0 Å². The molecule has 4 rings (SSSR count). The van der Waals surface area contributed by atoms with Crippen molar-refractivity contribution in [3.05, 3.63) is 22.1 Å². The van der Waals surface area contributed by atoms with Crippen molar-refractivity contribution in [1.82, 2.24) is 0 Å². The molecule has 0 unspecified atom stereocenters. The van der Waals surface area contributed by atoms with Crippen molar-refractivity contribution in [2.45, 2.75) is 118 Å². The van der Waals surface area contributed by atoms with Crippen LogP contribution in [0.3, 0.4) is 0 Å². The minimum absolute atomic E-state index is 0.00503. The third-order valence-corrected chi connectivity index (χ3v) is 12.5. The van der Waals surface area contributed by atoms with E-state index >= 15 is 0 Å². The third-order valence-electron chi connectivity index (χ3n) is 12.5. The van der Waals surface area contributed by atoms with Gasteiger partial charge in [-0.05, 0) is 96.8 Å². The normalized spacial score (nSPS) is 32.1. The molecule has 9 heteroatoms. The van der Waals surface area contributed by atoms with Crippen LogP contribution < -0.4 is 0 Å². The summed E-state index contributed by atoms with van der Waals surface area (Å²) in [4.78, 5) is 15.3. The maximum Gasteiger partial charge on any atom is 0.308 e. The second-order valence-corrected chi connectivity index (χ2v) is 15.8. The Balaban J connectivity index is 1.11. The highest BCUT2D eigenvalue weighted by Crippen LogP contribution is 2.67. The van der Waals surface area contributed by atoms with E-state index in [1.54, 1.807) is 5.57 Å². The Morgan fingerprint density at radius 1 is 0.894 bits per heavy atom. The topological polar surface area (TPSA) is 112 Å². The Kier molecular flexibility index (Phi) is 15.4. The van der Waals surface area contributed by atoms with E-state index < -0.39 is 0 Å². The number of esters is 1. The summed E-state index contributed by atoms with van der Waals surface area (Å²) in [6.07, 6.45) is 16.9. The summed E-state index contributed by atoms with van der Waals surface area (Å²) in [5, 5.41) is 3.40. The number of carbonyl (C=O) groups is 1. The van der Waals surface area contributed by atoms with Crippen LogP contribution in [0, 0.1) is 46.3 Å². The molecule has 0 bridgehead atoms. The Hall–Kier alpha value is -1.64. The van der Waals surface area contributed by atoms with Crippen LogP contribution in [0.15, 0.2) is 16.8 Å². The molecule has 3 fully saturated rings. The van der Waals surface area contributed by atoms with Crippen LogP contribution in [0.25, 0.3) is 10.4 Å². The van der Waals surface area contributed by atoms with Gasteiger partial charge in [-0.1, -0.05) is 70.6 Å². The minimum atomic E-state index is -0.156. The van der Waals surface area contributed by atoms with E-state index in [0.29, 0.717) is 64.8 Å². The van der Waals surface area contributed by atoms with Crippen molar-refractivity contribution < 1.29 is 28.5 Å². The predicted molar refractivity (Wildman–Crippen MR) is 185 cm³/mol. The van der Waals surface area contributed by atoms with Gasteiger partial charge in [0.25, 0.3) is 0 Å². The molecule has 0 spiro atoms. The van der Waals surface area contributed by atoms with Crippen molar-refractivity contribution in [3.63, 3.8) is 0 Å². The highest BCUT2D eigenvalue weighted by atomic mass is 16.6. The molecular weight excluding hydrogens is 594 g/mol. The van der Waals surface area contributed by atoms with Gasteiger partial charge in [0, 0.05) is 17.9 Å². The summed E-state index contributed by atoms with van der Waals surface area (Å²) >= 11 is 0. The molecule has 47 heavy (non-hydrogen) atoms. The first-order chi connectivity index (χ1) is 22.7. The molecule has 0 amide bonds. The molecule has 3 saturated carbocycles. The van der Waals surface area contributed by atoms with Crippen LogP contribution >= 0.6 is 0 Å². The summed E-state index contributed by atoms with van der Waals surface area (Å²) in [5.41, 5.74) is 10.6. The average Bonchev–Trinajstić information content (AvgIpc) is 3.40. The number of allylic oxidation sites excluding steroid dienone is 1. The molecular formula is C38H65N3O6. The number of fused-ring (bicyclic) bond motifs is 5. The lowest BCUT2D eigenvalue weighted by Gasteiger charge is -2.58. The second-order valence-electron chi connectivity index (χ2n) is 15.8. The number of carbonyl (C=O) groups excluding carboxylic acids is 1. The van der Waals surface area contributed by atoms with Crippen LogP contribution in [0.5, 0.6) is 0 Å². The second kappa shape index (κ2) is 18.9. The molecule has 0 aromatic carbocycles. The van der Waals surface area contributed by atoms with Crippen LogP contribution in [0.2, 0.25) is 0 Å². The fraction of sp³-hybridized carbons (Fsp3) is 0.921. The molecule has 0 saturated heterocycles. The SMILES string of the molecule is CC(C)CCC[C@@H](C)[C@H]1CC[C@H]2[C@@H]3CC=C4C[C@@H](OC(=O)CCOCCOCCOCCOCCN=[N+]=[N-])CC[C@]4(C)[C@H]3CC[C@]12C. The first-order valence-corrected chi connectivity index (χ1v) is 18.9. The van der Waals surface area contributed by atoms with Gasteiger partial charge >= 0.3 is 5.97 Å². The molecule has 4 aliphatic carbocycles. The standard InChI is InChI=1S/C38H65N3O6/c1-28(2)7-6-8-29(3)33-11-12-34-32-10-9-30-27-31(13-16-37(30,4)35(32)14-17-38(33,34)5)47-36(42)15-19-43-21-23-45-25-26-46-24-22-44-20-18-40-41-39/h9,28-29,31-35H,6-8,10-27H2,1-5H3/t29-,31+,32+,33-,34+,35+,37+,38-/m1/s1. The third kappa shape index (κ3) is 10.4. The van der Waals surface area contributed by atoms with E-state index in [4.69, 9.17) is 29.2 Å². The number of rotatable bonds is 21. The molecule has 0 aromatic heterocycles. The van der Waals surface area contributed by atoms with Crippen molar-refractivity contribution in [1.29, 1.82) is 0 Å². The first-order valence-electron chi connectivity index (χ1n) is 18.9. The molecule has 9 nitrogen and oxygen atoms in total. The summed E-state index contributed by atoms with van der Waals surface area (Å²) in [6.45, 7) is 16.3. The van der Waals surface area contributed by atoms with Gasteiger partial charge in [0.1, 0.15) is 6.10 Å². The lowest BCUT2D eigenvalue weighted by molar-refractivity contribution is -0.152. The first kappa shape index (κ1) is 38.2. The molecule has 0 heterocycles. The number of hydrogen-bond donors (Lipinski definition) is 0. The minimum Gasteiger partial charge on any atom is -0.462 e. The molecule has 0 aliphatic heterocycles. The molecule has 0 N–H and O–H groups in total. The summed E-state index contributed by atoms with van der Waals surface area (Å²) < 4.78 is 27.8. The monoisotopic (exact) mass is 659 g/mol. The lowest BCUT2D eigenvalue weighted by atomic mass is 9.47. The smallest absolute Gasteiger partial charge is 0.308 e. The molecule has 8 atom stereocenters. The highest BCUT2D eigenvalue weighted by Gasteiger charge is 2.59. The molecule has 268 valence electrons. The average molecular weight is 660 g/mol. The number of ether oxygens (including phenoxy) is 5. The summed E-state index contributed by atoms with van der Waals surface area (Å²) in [5.74, 6) is 4.88. The maximum absolute atomic E-state index is 12.7. The quantitative estimate of drug-likeness (QED) is 0.0304. The van der Waals surface area contributed by atoms with Crippen LogP contribution in [0.1, 0.15) is 112 Å². The van der Waals surface area contributed by atoms with Gasteiger partial charge in [0.05, 0.1) is 59.3 Å². The fourth-order valence-electron chi connectivity index (χ4n) is 10.1. The summed E-state index contributed by atoms with van der Waals surface area (Å²) in [7, 11) is 0. The Labute approximate surface area is 284 Å². The lowest BCUT2D eigenvalue weighted by Crippen LogP contribution is -2.51. The predicted octanol–water partition coefficient (Wildman–Crippen LogP) is 8.71. The zero-order valence-corrected chi connectivity index (χ0v) is 30.3. The van der Waals surface area contributed by atoms with E-state index in [9.17, 15) is 4.79 Å². The Morgan fingerprint density at radius 2 is 1.57 bits per heavy atom. The van der Waals surface area contributed by atoms with Crippen molar-refractivity contribution >= 4 is 5.97 Å². The van der Waals surface area contributed by atoms with Gasteiger partial charge in [-0.2, -0.15) is 0 Å². The fourth-order valence-corrected chi connectivity index (χ4v) is 10.1. The van der Waals surface area contributed by atoms with Gasteiger partial charge in [-0.25, -0.2) is 0 Å². The highest BCUT2D eigenvalue weighted by molar-refractivity contribution is 5.69. The van der Waals surface area contributed by atoms with Gasteiger partial charge in [0.2, 0.25) is 0 Å². The van der Waals surface area contributed by atoms with Crippen molar-refractivity contribution in [2.24, 2.45) is 51.5 Å². The van der Waals surface area contributed by atoms with Crippen LogP contribution in [-0.2, 0) is 28.5 Å². The molecule has 4 aliphatic rings. The van der Waals surface area contributed by atoms with E-state index in [2.05, 4.69) is 50.7 Å². The van der Waals surface area contributed by atoms with Crippen molar-refractivity contribution in [2.75, 3.05) is 59.4 Å². The zero-order valence-electron chi connectivity index (χ0n) is 30.3. The van der Waals surface area contributed by atoms with Gasteiger partial charge in [-0.3, -0.25) is 4.79 Å². The van der Waals surface area contributed by atoms with Gasteiger partial charge < -0.3 is 23.7 Å². The van der Waals surface area contributed by atoms with E-state index in [1.165, 1.54) is 51.4 Å². The maximum atomic E-state index is 12.7. The molecule has 0 aromatic rings. The van der Waals surface area contributed by atoms with Crippen LogP contribution in [0.4, 0.5) is 0 Å². The number of azide groups is 1. The van der Waals surface area contributed by atoms with Crippen molar-refractivity contribution in [3.8, 4) is 0 Å². The van der Waals surface area contributed by atoms with E-state index in [0.717, 1.165) is 54.8 Å². The number of nitrogens with zero attached hydrogens (tertiary/aromatic N) is 3. The Morgan fingerprint density at radius 3 is 2.26 bits per heavy atom. The van der Waals surface area contributed by atoms with Gasteiger partial charge in [-0.15, -0.1) is 0 Å². The summed E-state index contributed by atoms with van der Waals surface area (Å²) in [6, 6.07) is 0. The number of hydrogen-bond acceptors (Lipinski definition) is 7. The Bertz CT molecular complexity index is 1050. The van der Waals surface area contributed by atoms with E-state index in [-0.39, 0.29) is 23.9 Å². The molecule has 0 radical (unpaired) electrons.